The molecule has 0 aliphatic carbocycles. The molecule has 2 rings (SSSR count). The molecular weight excluding hydrogens is 307 g/mol. The Labute approximate surface area is 142 Å². The van der Waals surface area contributed by atoms with Gasteiger partial charge in [0.25, 0.3) is 0 Å². The lowest BCUT2D eigenvalue weighted by Gasteiger charge is -2.12. The van der Waals surface area contributed by atoms with Crippen molar-refractivity contribution in [3.63, 3.8) is 0 Å². The van der Waals surface area contributed by atoms with E-state index in [2.05, 4.69) is 20.6 Å². The number of pyridine rings is 1. The van der Waals surface area contributed by atoms with Crippen LogP contribution in [0.5, 0.6) is 5.88 Å². The molecule has 0 saturated heterocycles. The predicted octanol–water partition coefficient (Wildman–Crippen LogP) is 2.87. The molecular formula is C18H23FN4O. The van der Waals surface area contributed by atoms with Crippen molar-refractivity contribution in [2.45, 2.75) is 26.9 Å². The highest BCUT2D eigenvalue weighted by atomic mass is 19.1. The molecule has 0 fully saturated rings. The van der Waals surface area contributed by atoms with Crippen molar-refractivity contribution in [2.75, 3.05) is 13.2 Å². The van der Waals surface area contributed by atoms with Gasteiger partial charge >= 0.3 is 0 Å². The smallest absolute Gasteiger partial charge is 0.213 e. The zero-order valence-corrected chi connectivity index (χ0v) is 14.1. The number of halogens is 1. The lowest BCUT2D eigenvalue weighted by atomic mass is 10.2. The van der Waals surface area contributed by atoms with Gasteiger partial charge < -0.3 is 15.4 Å². The molecule has 24 heavy (non-hydrogen) atoms. The molecule has 0 spiro atoms. The highest BCUT2D eigenvalue weighted by molar-refractivity contribution is 5.79. The van der Waals surface area contributed by atoms with Crippen molar-refractivity contribution in [3.05, 3.63) is 59.5 Å². The lowest BCUT2D eigenvalue weighted by Crippen LogP contribution is -2.36. The van der Waals surface area contributed by atoms with Crippen molar-refractivity contribution in [2.24, 2.45) is 4.99 Å². The molecule has 6 heteroatoms. The first-order valence-corrected chi connectivity index (χ1v) is 8.05. The fraction of sp³-hybridized carbons (Fsp3) is 0.333. The van der Waals surface area contributed by atoms with E-state index in [0.29, 0.717) is 31.5 Å². The van der Waals surface area contributed by atoms with Gasteiger partial charge in [-0.1, -0.05) is 12.1 Å². The first-order chi connectivity index (χ1) is 11.7. The molecule has 0 unspecified atom stereocenters. The zero-order chi connectivity index (χ0) is 17.2. The van der Waals surface area contributed by atoms with Crippen LogP contribution in [0.2, 0.25) is 0 Å². The van der Waals surface area contributed by atoms with E-state index in [-0.39, 0.29) is 5.82 Å². The number of guanidine groups is 1. The van der Waals surface area contributed by atoms with Gasteiger partial charge in [-0.15, -0.1) is 0 Å². The highest BCUT2D eigenvalue weighted by Gasteiger charge is 2.01. The van der Waals surface area contributed by atoms with Gasteiger partial charge in [-0.25, -0.2) is 14.4 Å². The van der Waals surface area contributed by atoms with Crippen molar-refractivity contribution in [1.82, 2.24) is 15.6 Å². The summed E-state index contributed by atoms with van der Waals surface area (Å²) in [4.78, 5) is 8.62. The van der Waals surface area contributed by atoms with Gasteiger partial charge in [-0.2, -0.15) is 0 Å². The largest absolute Gasteiger partial charge is 0.478 e. The normalized spacial score (nSPS) is 11.2. The quantitative estimate of drug-likeness (QED) is 0.605. The fourth-order valence-corrected chi connectivity index (χ4v) is 2.12. The number of nitrogens with one attached hydrogen (secondary N) is 2. The first-order valence-electron chi connectivity index (χ1n) is 8.05. The van der Waals surface area contributed by atoms with Crippen molar-refractivity contribution < 1.29 is 9.13 Å². The number of aromatic nitrogens is 1. The summed E-state index contributed by atoms with van der Waals surface area (Å²) >= 11 is 0. The number of rotatable bonds is 7. The Morgan fingerprint density at radius 3 is 2.79 bits per heavy atom. The minimum absolute atomic E-state index is 0.249. The molecule has 2 N–H and O–H groups in total. The lowest BCUT2D eigenvalue weighted by molar-refractivity contribution is 0.326. The number of hydrogen-bond donors (Lipinski definition) is 2. The van der Waals surface area contributed by atoms with Gasteiger partial charge in [0.2, 0.25) is 5.88 Å². The van der Waals surface area contributed by atoms with Crippen molar-refractivity contribution >= 4 is 5.96 Å². The van der Waals surface area contributed by atoms with E-state index in [4.69, 9.17) is 4.74 Å². The molecule has 0 aliphatic heterocycles. The van der Waals surface area contributed by atoms with Crippen LogP contribution < -0.4 is 15.4 Å². The molecule has 1 aromatic carbocycles. The number of nitrogens with zero attached hydrogens (tertiary/aromatic N) is 2. The predicted molar refractivity (Wildman–Crippen MR) is 93.5 cm³/mol. The number of aliphatic imine (C=N–C) groups is 1. The standard InChI is InChI=1S/C18H23FN4O/c1-3-20-18(22-12-14-6-5-7-16(19)10-14)23-13-15-8-9-21-17(11-15)24-4-2/h5-11H,3-4,12-13H2,1-2H3,(H2,20,22,23). The average molecular weight is 330 g/mol. The summed E-state index contributed by atoms with van der Waals surface area (Å²) in [6.45, 7) is 6.26. The average Bonchev–Trinajstić information content (AvgIpc) is 2.58. The second kappa shape index (κ2) is 9.50. The second-order valence-corrected chi connectivity index (χ2v) is 5.11. The number of hydrogen-bond acceptors (Lipinski definition) is 3. The van der Waals surface area contributed by atoms with Gasteiger partial charge in [0.15, 0.2) is 5.96 Å². The Balaban J connectivity index is 1.97. The number of benzene rings is 1. The summed E-state index contributed by atoms with van der Waals surface area (Å²) < 4.78 is 18.6. The van der Waals surface area contributed by atoms with Crippen LogP contribution in [0.15, 0.2) is 47.6 Å². The molecule has 1 aromatic heterocycles. The molecule has 0 atom stereocenters. The van der Waals surface area contributed by atoms with Crippen molar-refractivity contribution in [3.8, 4) is 5.88 Å². The van der Waals surface area contributed by atoms with E-state index < -0.39 is 0 Å². The third kappa shape index (κ3) is 5.87. The SMILES string of the molecule is CCNC(=NCc1cccc(F)c1)NCc1ccnc(OCC)c1. The molecule has 0 saturated carbocycles. The Morgan fingerprint density at radius 1 is 1.17 bits per heavy atom. The molecule has 0 aliphatic rings. The molecule has 0 bridgehead atoms. The highest BCUT2D eigenvalue weighted by Crippen LogP contribution is 2.09. The van der Waals surface area contributed by atoms with E-state index in [0.717, 1.165) is 17.7 Å². The fourth-order valence-electron chi connectivity index (χ4n) is 2.12. The Bertz CT molecular complexity index is 676. The van der Waals surface area contributed by atoms with Gasteiger partial charge in [0.05, 0.1) is 13.2 Å². The van der Waals surface area contributed by atoms with E-state index in [9.17, 15) is 4.39 Å². The third-order valence-corrected chi connectivity index (χ3v) is 3.20. The van der Waals surface area contributed by atoms with Crippen LogP contribution in [0, 0.1) is 5.82 Å². The summed E-state index contributed by atoms with van der Waals surface area (Å²) in [5.74, 6) is 1.04. The topological polar surface area (TPSA) is 58.5 Å². The Morgan fingerprint density at radius 2 is 2.04 bits per heavy atom. The van der Waals surface area contributed by atoms with E-state index >= 15 is 0 Å². The molecule has 1 heterocycles. The summed E-state index contributed by atoms with van der Waals surface area (Å²) in [7, 11) is 0. The van der Waals surface area contributed by atoms with Gasteiger partial charge in [0.1, 0.15) is 5.82 Å². The monoisotopic (exact) mass is 330 g/mol. The minimum atomic E-state index is -0.249. The summed E-state index contributed by atoms with van der Waals surface area (Å²) in [6, 6.07) is 10.3. The van der Waals surface area contributed by atoms with E-state index in [1.165, 1.54) is 12.1 Å². The van der Waals surface area contributed by atoms with Crippen LogP contribution in [0.1, 0.15) is 25.0 Å². The minimum Gasteiger partial charge on any atom is -0.478 e. The molecule has 0 radical (unpaired) electrons. The first kappa shape index (κ1) is 17.7. The van der Waals surface area contributed by atoms with Crippen LogP contribution >= 0.6 is 0 Å². The maximum Gasteiger partial charge on any atom is 0.213 e. The third-order valence-electron chi connectivity index (χ3n) is 3.20. The van der Waals surface area contributed by atoms with Crippen LogP contribution in [-0.2, 0) is 13.1 Å². The second-order valence-electron chi connectivity index (χ2n) is 5.11. The molecule has 128 valence electrons. The molecule has 5 nitrogen and oxygen atoms in total. The summed E-state index contributed by atoms with van der Waals surface area (Å²) in [6.07, 6.45) is 1.72. The van der Waals surface area contributed by atoms with Crippen LogP contribution in [0.25, 0.3) is 0 Å². The summed E-state index contributed by atoms with van der Waals surface area (Å²) in [5, 5.41) is 6.43. The van der Waals surface area contributed by atoms with Gasteiger partial charge in [-0.3, -0.25) is 0 Å². The van der Waals surface area contributed by atoms with E-state index in [1.54, 1.807) is 12.3 Å². The van der Waals surface area contributed by atoms with Crippen LogP contribution in [0.3, 0.4) is 0 Å². The van der Waals surface area contributed by atoms with Crippen LogP contribution in [0.4, 0.5) is 4.39 Å². The Hall–Kier alpha value is -2.63. The Kier molecular flexibility index (Phi) is 7.01. The van der Waals surface area contributed by atoms with Crippen molar-refractivity contribution in [1.29, 1.82) is 0 Å². The van der Waals surface area contributed by atoms with Gasteiger partial charge in [0, 0.05) is 25.4 Å². The summed E-state index contributed by atoms with van der Waals surface area (Å²) in [5.41, 5.74) is 1.87. The zero-order valence-electron chi connectivity index (χ0n) is 14.1. The maximum atomic E-state index is 13.2. The van der Waals surface area contributed by atoms with Crippen LogP contribution in [-0.4, -0.2) is 24.1 Å². The van der Waals surface area contributed by atoms with Gasteiger partial charge in [-0.05, 0) is 43.2 Å². The van der Waals surface area contributed by atoms with E-state index in [1.807, 2.05) is 32.0 Å². The molecule has 2 aromatic rings. The number of ether oxygens (including phenoxy) is 1. The molecule has 0 amide bonds. The maximum absolute atomic E-state index is 13.2.